The van der Waals surface area contributed by atoms with Crippen molar-refractivity contribution in [2.45, 2.75) is 59.8 Å². The van der Waals surface area contributed by atoms with Crippen LogP contribution in [0.15, 0.2) is 78.9 Å². The third-order valence-corrected chi connectivity index (χ3v) is 9.04. The SMILES string of the molecule is CCOC(=O)C(OC(C)(C)C)c1c(C)cc2nc(-c3ccc4c(c3)c(C)nn4Cc3ccccc3)sc2c1-c1ccc(Cl)cc1. The minimum atomic E-state index is -0.917. The van der Waals surface area contributed by atoms with E-state index in [0.29, 0.717) is 11.6 Å². The van der Waals surface area contributed by atoms with Gasteiger partial charge in [-0.25, -0.2) is 9.78 Å². The van der Waals surface area contributed by atoms with E-state index < -0.39 is 17.7 Å². The summed E-state index contributed by atoms with van der Waals surface area (Å²) in [5.74, 6) is -0.414. The Balaban J connectivity index is 1.52. The van der Waals surface area contributed by atoms with Crippen molar-refractivity contribution < 1.29 is 14.3 Å². The van der Waals surface area contributed by atoms with Gasteiger partial charge in [-0.2, -0.15) is 5.10 Å². The van der Waals surface area contributed by atoms with Crippen LogP contribution in [-0.4, -0.2) is 32.9 Å². The number of thiazole rings is 1. The quantitative estimate of drug-likeness (QED) is 0.155. The molecule has 4 aromatic carbocycles. The van der Waals surface area contributed by atoms with Crippen LogP contribution in [0.4, 0.5) is 0 Å². The molecule has 6 rings (SSSR count). The molecule has 6 aromatic rings. The Kier molecular flexibility index (Phi) is 8.53. The molecule has 0 N–H and O–H groups in total. The van der Waals surface area contributed by atoms with E-state index in [-0.39, 0.29) is 6.61 Å². The van der Waals surface area contributed by atoms with Crippen LogP contribution in [0.3, 0.4) is 0 Å². The number of rotatable bonds is 8. The Bertz CT molecular complexity index is 2010. The van der Waals surface area contributed by atoms with Crippen LogP contribution in [0.1, 0.15) is 56.2 Å². The van der Waals surface area contributed by atoms with Gasteiger partial charge in [0, 0.05) is 27.1 Å². The number of benzene rings is 4. The molecule has 0 saturated carbocycles. The zero-order valence-electron chi connectivity index (χ0n) is 26.3. The van der Waals surface area contributed by atoms with Gasteiger partial charge in [0.15, 0.2) is 6.10 Å². The summed E-state index contributed by atoms with van der Waals surface area (Å²) in [5, 5.41) is 7.48. The molecule has 6 nitrogen and oxygen atoms in total. The molecule has 0 saturated heterocycles. The summed E-state index contributed by atoms with van der Waals surface area (Å²) in [7, 11) is 0. The topological polar surface area (TPSA) is 66.2 Å². The highest BCUT2D eigenvalue weighted by atomic mass is 35.5. The van der Waals surface area contributed by atoms with Crippen LogP contribution in [0.5, 0.6) is 0 Å². The number of nitrogens with zero attached hydrogens (tertiary/aromatic N) is 3. The van der Waals surface area contributed by atoms with Crippen molar-refractivity contribution in [3.63, 3.8) is 0 Å². The number of aryl methyl sites for hydroxylation is 2. The van der Waals surface area contributed by atoms with Gasteiger partial charge in [0.2, 0.25) is 0 Å². The molecular weight excluding hydrogens is 602 g/mol. The Hall–Kier alpha value is -4.04. The van der Waals surface area contributed by atoms with Gasteiger partial charge >= 0.3 is 5.97 Å². The lowest BCUT2D eigenvalue weighted by molar-refractivity contribution is -0.166. The molecule has 2 aromatic heterocycles. The zero-order valence-corrected chi connectivity index (χ0v) is 27.9. The standard InChI is InChI=1S/C37H36ClN3O3S/c1-7-43-36(42)33(44-37(4,5)6)31-22(2)19-29-34(32(31)25-13-16-27(38)17-14-25)45-35(39-29)26-15-18-30-28(20-26)23(3)40-41(30)21-24-11-9-8-10-12-24/h8-20,33H,7,21H2,1-6H3. The highest BCUT2D eigenvalue weighted by Gasteiger charge is 2.33. The van der Waals surface area contributed by atoms with E-state index in [4.69, 9.17) is 31.2 Å². The summed E-state index contributed by atoms with van der Waals surface area (Å²) in [6.07, 6.45) is -0.917. The lowest BCUT2D eigenvalue weighted by Gasteiger charge is -2.29. The zero-order chi connectivity index (χ0) is 31.9. The van der Waals surface area contributed by atoms with E-state index in [2.05, 4.69) is 47.1 Å². The molecule has 1 atom stereocenters. The third kappa shape index (κ3) is 6.39. The van der Waals surface area contributed by atoms with E-state index in [0.717, 1.165) is 59.6 Å². The first-order valence-corrected chi connectivity index (χ1v) is 16.3. The monoisotopic (exact) mass is 637 g/mol. The third-order valence-electron chi connectivity index (χ3n) is 7.65. The molecule has 230 valence electrons. The molecule has 0 radical (unpaired) electrons. The van der Waals surface area contributed by atoms with Crippen molar-refractivity contribution in [2.75, 3.05) is 6.61 Å². The first-order valence-electron chi connectivity index (χ1n) is 15.1. The molecule has 45 heavy (non-hydrogen) atoms. The normalized spacial score (nSPS) is 12.6. The average molecular weight is 638 g/mol. The van der Waals surface area contributed by atoms with E-state index >= 15 is 0 Å². The Morgan fingerprint density at radius 1 is 0.978 bits per heavy atom. The molecule has 0 aliphatic rings. The molecule has 0 bridgehead atoms. The number of hydrogen-bond acceptors (Lipinski definition) is 6. The Morgan fingerprint density at radius 3 is 2.38 bits per heavy atom. The molecule has 2 heterocycles. The molecular formula is C37H36ClN3O3S. The maximum Gasteiger partial charge on any atom is 0.339 e. The van der Waals surface area contributed by atoms with Crippen molar-refractivity contribution in [2.24, 2.45) is 0 Å². The fourth-order valence-corrected chi connectivity index (χ4v) is 6.97. The minimum Gasteiger partial charge on any atom is -0.464 e. The molecule has 0 aliphatic heterocycles. The number of hydrogen-bond donors (Lipinski definition) is 0. The van der Waals surface area contributed by atoms with Crippen LogP contribution in [-0.2, 0) is 20.8 Å². The van der Waals surface area contributed by atoms with Gasteiger partial charge in [-0.3, -0.25) is 4.68 Å². The van der Waals surface area contributed by atoms with Gasteiger partial charge in [-0.05, 0) is 94.6 Å². The van der Waals surface area contributed by atoms with Crippen molar-refractivity contribution in [1.29, 1.82) is 0 Å². The number of ether oxygens (including phenoxy) is 2. The summed E-state index contributed by atoms with van der Waals surface area (Å²) in [6, 6.07) is 26.5. The van der Waals surface area contributed by atoms with Crippen LogP contribution in [0, 0.1) is 13.8 Å². The van der Waals surface area contributed by atoms with Crippen LogP contribution >= 0.6 is 22.9 Å². The summed E-state index contributed by atoms with van der Waals surface area (Å²) >= 11 is 7.91. The van der Waals surface area contributed by atoms with Crippen molar-refractivity contribution in [1.82, 2.24) is 14.8 Å². The highest BCUT2D eigenvalue weighted by Crippen LogP contribution is 2.45. The fourth-order valence-electron chi connectivity index (χ4n) is 5.72. The van der Waals surface area contributed by atoms with E-state index in [9.17, 15) is 4.79 Å². The first-order chi connectivity index (χ1) is 21.5. The lowest BCUT2D eigenvalue weighted by atomic mass is 9.91. The van der Waals surface area contributed by atoms with Crippen LogP contribution < -0.4 is 0 Å². The van der Waals surface area contributed by atoms with Gasteiger partial charge in [0.05, 0.1) is 40.2 Å². The van der Waals surface area contributed by atoms with Crippen molar-refractivity contribution in [3.05, 3.63) is 106 Å². The summed E-state index contributed by atoms with van der Waals surface area (Å²) in [5.41, 5.74) is 8.05. The van der Waals surface area contributed by atoms with Gasteiger partial charge < -0.3 is 9.47 Å². The van der Waals surface area contributed by atoms with Gasteiger partial charge in [-0.1, -0.05) is 54.1 Å². The molecule has 0 aliphatic carbocycles. The van der Waals surface area contributed by atoms with Gasteiger partial charge in [0.25, 0.3) is 0 Å². The molecule has 0 amide bonds. The van der Waals surface area contributed by atoms with E-state index in [1.807, 2.05) is 77.9 Å². The van der Waals surface area contributed by atoms with E-state index in [1.54, 1.807) is 11.3 Å². The highest BCUT2D eigenvalue weighted by molar-refractivity contribution is 7.22. The average Bonchev–Trinajstić information content (AvgIpc) is 3.56. The van der Waals surface area contributed by atoms with Gasteiger partial charge in [0.1, 0.15) is 5.01 Å². The van der Waals surface area contributed by atoms with Crippen molar-refractivity contribution in [3.8, 4) is 21.7 Å². The molecule has 0 fully saturated rings. The summed E-state index contributed by atoms with van der Waals surface area (Å²) in [4.78, 5) is 18.6. The maximum atomic E-state index is 13.5. The molecule has 0 spiro atoms. The number of carbonyl (C=O) groups is 1. The summed E-state index contributed by atoms with van der Waals surface area (Å²) < 4.78 is 15.0. The number of carbonyl (C=O) groups excluding carboxylic acids is 1. The summed E-state index contributed by atoms with van der Waals surface area (Å²) in [6.45, 7) is 12.7. The predicted octanol–water partition coefficient (Wildman–Crippen LogP) is 9.72. The number of aromatic nitrogens is 3. The largest absolute Gasteiger partial charge is 0.464 e. The van der Waals surface area contributed by atoms with Crippen LogP contribution in [0.2, 0.25) is 5.02 Å². The van der Waals surface area contributed by atoms with Gasteiger partial charge in [-0.15, -0.1) is 11.3 Å². The second-order valence-electron chi connectivity index (χ2n) is 12.2. The van der Waals surface area contributed by atoms with E-state index in [1.165, 1.54) is 5.56 Å². The Labute approximate surface area is 272 Å². The Morgan fingerprint density at radius 2 is 1.69 bits per heavy atom. The maximum absolute atomic E-state index is 13.5. The smallest absolute Gasteiger partial charge is 0.339 e. The van der Waals surface area contributed by atoms with Crippen LogP contribution in [0.25, 0.3) is 42.8 Å². The van der Waals surface area contributed by atoms with Crippen molar-refractivity contribution >= 4 is 50.0 Å². The fraction of sp³-hybridized carbons (Fsp3) is 0.270. The number of esters is 1. The molecule has 1 unspecified atom stereocenters. The molecule has 8 heteroatoms. The minimum absolute atomic E-state index is 0.259. The first kappa shape index (κ1) is 31.0. The number of fused-ring (bicyclic) bond motifs is 2. The lowest BCUT2D eigenvalue weighted by Crippen LogP contribution is -2.29. The second kappa shape index (κ2) is 12.4. The second-order valence-corrected chi connectivity index (χ2v) is 13.6. The number of halogens is 1. The predicted molar refractivity (Wildman–Crippen MR) is 184 cm³/mol.